The van der Waals surface area contributed by atoms with E-state index in [9.17, 15) is 0 Å². The zero-order valence-electron chi connectivity index (χ0n) is 11.2. The standard InChI is InChI=1S/C16H20N2S/c1-4-13(9-11-3-2-8-17-10-11)15-14(5-1)19-16(18-15)12-6-7-12/h1,4-5,11-12,17H,2-3,6-10H2. The van der Waals surface area contributed by atoms with Crippen LogP contribution in [0.3, 0.4) is 0 Å². The number of nitrogens with zero attached hydrogens (tertiary/aromatic N) is 1. The van der Waals surface area contributed by atoms with Crippen LogP contribution < -0.4 is 5.32 Å². The molecule has 0 spiro atoms. The summed E-state index contributed by atoms with van der Waals surface area (Å²) in [4.78, 5) is 4.94. The Balaban J connectivity index is 1.64. The molecule has 2 heterocycles. The second-order valence-corrected chi connectivity index (χ2v) is 7.07. The molecular weight excluding hydrogens is 252 g/mol. The molecule has 1 aliphatic carbocycles. The Bertz CT molecular complexity index is 579. The number of nitrogens with one attached hydrogen (secondary N) is 1. The van der Waals surface area contributed by atoms with Gasteiger partial charge in [-0.05, 0) is 62.7 Å². The maximum Gasteiger partial charge on any atom is 0.0969 e. The molecule has 2 fully saturated rings. The van der Waals surface area contributed by atoms with E-state index >= 15 is 0 Å². The van der Waals surface area contributed by atoms with E-state index in [0.717, 1.165) is 11.8 Å². The first-order valence-corrected chi connectivity index (χ1v) is 8.31. The van der Waals surface area contributed by atoms with E-state index in [2.05, 4.69) is 23.5 Å². The van der Waals surface area contributed by atoms with Gasteiger partial charge in [0, 0.05) is 5.92 Å². The third-order valence-electron chi connectivity index (χ3n) is 4.35. The highest BCUT2D eigenvalue weighted by atomic mass is 32.1. The molecule has 1 saturated heterocycles. The number of thiazole rings is 1. The van der Waals surface area contributed by atoms with Gasteiger partial charge in [0.1, 0.15) is 0 Å². The molecule has 1 aromatic heterocycles. The van der Waals surface area contributed by atoms with E-state index in [4.69, 9.17) is 4.98 Å². The first-order chi connectivity index (χ1) is 9.40. The van der Waals surface area contributed by atoms with Crippen molar-refractivity contribution in [2.75, 3.05) is 13.1 Å². The minimum Gasteiger partial charge on any atom is -0.316 e. The second-order valence-electron chi connectivity index (χ2n) is 6.01. The van der Waals surface area contributed by atoms with Crippen molar-refractivity contribution in [1.82, 2.24) is 10.3 Å². The highest BCUT2D eigenvalue weighted by molar-refractivity contribution is 7.18. The highest BCUT2D eigenvalue weighted by Crippen LogP contribution is 2.43. The normalized spacial score (nSPS) is 23.9. The van der Waals surface area contributed by atoms with E-state index in [-0.39, 0.29) is 0 Å². The molecule has 2 aromatic rings. The number of rotatable bonds is 3. The van der Waals surface area contributed by atoms with E-state index < -0.39 is 0 Å². The van der Waals surface area contributed by atoms with Crippen molar-refractivity contribution in [3.63, 3.8) is 0 Å². The third kappa shape index (κ3) is 2.41. The van der Waals surface area contributed by atoms with Crippen molar-refractivity contribution in [1.29, 1.82) is 0 Å². The molecule has 2 nitrogen and oxygen atoms in total. The highest BCUT2D eigenvalue weighted by Gasteiger charge is 2.27. The second kappa shape index (κ2) is 4.88. The van der Waals surface area contributed by atoms with Crippen molar-refractivity contribution < 1.29 is 0 Å². The van der Waals surface area contributed by atoms with Gasteiger partial charge in [-0.2, -0.15) is 0 Å². The van der Waals surface area contributed by atoms with Gasteiger partial charge in [0.05, 0.1) is 15.2 Å². The van der Waals surface area contributed by atoms with Crippen LogP contribution in [0.4, 0.5) is 0 Å². The average molecular weight is 272 g/mol. The van der Waals surface area contributed by atoms with Crippen LogP contribution >= 0.6 is 11.3 Å². The number of aromatic nitrogens is 1. The van der Waals surface area contributed by atoms with Crippen LogP contribution in [0.2, 0.25) is 0 Å². The zero-order valence-corrected chi connectivity index (χ0v) is 12.0. The fraction of sp³-hybridized carbons (Fsp3) is 0.562. The molecule has 0 bridgehead atoms. The summed E-state index contributed by atoms with van der Waals surface area (Å²) in [6.45, 7) is 2.37. The maximum absolute atomic E-state index is 4.94. The van der Waals surface area contributed by atoms with Gasteiger partial charge in [-0.25, -0.2) is 4.98 Å². The first kappa shape index (κ1) is 11.9. The summed E-state index contributed by atoms with van der Waals surface area (Å²) in [5.74, 6) is 1.58. The van der Waals surface area contributed by atoms with E-state index in [0.29, 0.717) is 0 Å². The Morgan fingerprint density at radius 3 is 3.00 bits per heavy atom. The lowest BCUT2D eigenvalue weighted by Gasteiger charge is -2.22. The molecule has 19 heavy (non-hydrogen) atoms. The summed E-state index contributed by atoms with van der Waals surface area (Å²) < 4.78 is 1.39. The van der Waals surface area contributed by atoms with Crippen LogP contribution in [-0.4, -0.2) is 18.1 Å². The summed E-state index contributed by atoms with van der Waals surface area (Å²) in [6, 6.07) is 6.73. The Kier molecular flexibility index (Phi) is 3.04. The molecule has 2 aliphatic rings. The summed E-state index contributed by atoms with van der Waals surface area (Å²) in [6.07, 6.45) is 6.58. The van der Waals surface area contributed by atoms with E-state index in [1.165, 1.54) is 66.0 Å². The molecule has 4 rings (SSSR count). The van der Waals surface area contributed by atoms with Gasteiger partial charge in [-0.3, -0.25) is 0 Å². The molecule has 100 valence electrons. The number of piperidine rings is 1. The smallest absolute Gasteiger partial charge is 0.0969 e. The lowest BCUT2D eigenvalue weighted by molar-refractivity contribution is 0.376. The largest absolute Gasteiger partial charge is 0.316 e. The van der Waals surface area contributed by atoms with Gasteiger partial charge < -0.3 is 5.32 Å². The van der Waals surface area contributed by atoms with Crippen molar-refractivity contribution >= 4 is 21.6 Å². The molecule has 1 aliphatic heterocycles. The van der Waals surface area contributed by atoms with Crippen molar-refractivity contribution in [2.24, 2.45) is 5.92 Å². The van der Waals surface area contributed by atoms with Gasteiger partial charge in [0.25, 0.3) is 0 Å². The summed E-state index contributed by atoms with van der Waals surface area (Å²) in [5.41, 5.74) is 2.76. The van der Waals surface area contributed by atoms with E-state index in [1.807, 2.05) is 11.3 Å². The van der Waals surface area contributed by atoms with E-state index in [1.54, 1.807) is 0 Å². The fourth-order valence-electron chi connectivity index (χ4n) is 3.10. The van der Waals surface area contributed by atoms with Gasteiger partial charge in [-0.15, -0.1) is 11.3 Å². The lowest BCUT2D eigenvalue weighted by Crippen LogP contribution is -2.30. The summed E-state index contributed by atoms with van der Waals surface area (Å²) >= 11 is 1.92. The van der Waals surface area contributed by atoms with Gasteiger partial charge >= 0.3 is 0 Å². The number of benzene rings is 1. The molecule has 3 heteroatoms. The SMILES string of the molecule is c1cc(CC2CCCNC2)c2nc(C3CC3)sc2c1. The van der Waals surface area contributed by atoms with Gasteiger partial charge in [0.15, 0.2) is 0 Å². The first-order valence-electron chi connectivity index (χ1n) is 7.49. The topological polar surface area (TPSA) is 24.9 Å². The molecule has 1 N–H and O–H groups in total. The zero-order chi connectivity index (χ0) is 12.7. The Labute approximate surface area is 118 Å². The van der Waals surface area contributed by atoms with Crippen molar-refractivity contribution in [2.45, 2.75) is 38.0 Å². The summed E-state index contributed by atoms with van der Waals surface area (Å²) in [5, 5.41) is 4.90. The van der Waals surface area contributed by atoms with Crippen molar-refractivity contribution in [3.8, 4) is 0 Å². The minimum atomic E-state index is 0.779. The number of hydrogen-bond donors (Lipinski definition) is 1. The van der Waals surface area contributed by atoms with Crippen LogP contribution in [0, 0.1) is 5.92 Å². The van der Waals surface area contributed by atoms with Crippen molar-refractivity contribution in [3.05, 3.63) is 28.8 Å². The number of para-hydroxylation sites is 1. The van der Waals surface area contributed by atoms with Crippen LogP contribution in [0.25, 0.3) is 10.2 Å². The number of fused-ring (bicyclic) bond motifs is 1. The van der Waals surface area contributed by atoms with Crippen LogP contribution in [0.5, 0.6) is 0 Å². The van der Waals surface area contributed by atoms with Crippen LogP contribution in [-0.2, 0) is 6.42 Å². The summed E-state index contributed by atoms with van der Waals surface area (Å²) in [7, 11) is 0. The Morgan fingerprint density at radius 1 is 1.26 bits per heavy atom. The third-order valence-corrected chi connectivity index (χ3v) is 5.54. The average Bonchev–Trinajstić information content (AvgIpc) is 3.20. The van der Waals surface area contributed by atoms with Crippen LogP contribution in [0.1, 0.15) is 42.2 Å². The maximum atomic E-state index is 4.94. The molecule has 1 saturated carbocycles. The predicted octanol–water partition coefficient (Wildman–Crippen LogP) is 3.72. The Hall–Kier alpha value is -0.930. The molecule has 1 aromatic carbocycles. The lowest BCUT2D eigenvalue weighted by atomic mass is 9.92. The molecular formula is C16H20N2S. The quantitative estimate of drug-likeness (QED) is 0.921. The monoisotopic (exact) mass is 272 g/mol. The molecule has 0 amide bonds. The predicted molar refractivity (Wildman–Crippen MR) is 80.9 cm³/mol. The minimum absolute atomic E-state index is 0.779. The van der Waals surface area contributed by atoms with Crippen LogP contribution in [0.15, 0.2) is 18.2 Å². The Morgan fingerprint density at radius 2 is 2.21 bits per heavy atom. The molecule has 0 radical (unpaired) electrons. The molecule has 1 atom stereocenters. The fourth-order valence-corrected chi connectivity index (χ4v) is 4.29. The molecule has 1 unspecified atom stereocenters. The van der Waals surface area contributed by atoms with Gasteiger partial charge in [-0.1, -0.05) is 12.1 Å². The van der Waals surface area contributed by atoms with Gasteiger partial charge in [0.2, 0.25) is 0 Å². The number of hydrogen-bond acceptors (Lipinski definition) is 3.